The van der Waals surface area contributed by atoms with Crippen molar-refractivity contribution in [3.8, 4) is 11.4 Å². The quantitative estimate of drug-likeness (QED) is 0.795. The van der Waals surface area contributed by atoms with Gasteiger partial charge in [0.05, 0.1) is 17.0 Å². The SMILES string of the molecule is CC1(n2nnnc2-c2cc(N)cc(Br)c2)CCS(=O)(=O)C1. The van der Waals surface area contributed by atoms with Gasteiger partial charge in [0.1, 0.15) is 0 Å². The average molecular weight is 372 g/mol. The van der Waals surface area contributed by atoms with E-state index in [0.717, 1.165) is 10.0 Å². The fourth-order valence-corrected chi connectivity index (χ4v) is 5.25. The van der Waals surface area contributed by atoms with Crippen molar-refractivity contribution in [3.05, 3.63) is 22.7 Å². The van der Waals surface area contributed by atoms with Gasteiger partial charge < -0.3 is 5.73 Å². The van der Waals surface area contributed by atoms with E-state index in [1.165, 1.54) is 0 Å². The van der Waals surface area contributed by atoms with Gasteiger partial charge >= 0.3 is 0 Å². The highest BCUT2D eigenvalue weighted by molar-refractivity contribution is 9.10. The van der Waals surface area contributed by atoms with Crippen molar-refractivity contribution in [2.45, 2.75) is 18.9 Å². The molecule has 1 aliphatic rings. The number of nitrogens with zero attached hydrogens (tertiary/aromatic N) is 4. The van der Waals surface area contributed by atoms with Crippen LogP contribution in [0.3, 0.4) is 0 Å². The Balaban J connectivity index is 2.10. The maximum Gasteiger partial charge on any atom is 0.182 e. The smallest absolute Gasteiger partial charge is 0.182 e. The number of tetrazole rings is 1. The third-order valence-electron chi connectivity index (χ3n) is 3.64. The summed E-state index contributed by atoms with van der Waals surface area (Å²) in [7, 11) is -3.05. The van der Waals surface area contributed by atoms with E-state index in [2.05, 4.69) is 31.5 Å². The second kappa shape index (κ2) is 4.77. The van der Waals surface area contributed by atoms with Crippen molar-refractivity contribution in [1.29, 1.82) is 0 Å². The molecule has 0 radical (unpaired) electrons. The van der Waals surface area contributed by atoms with Gasteiger partial charge in [0, 0.05) is 15.7 Å². The molecule has 0 spiro atoms. The zero-order valence-electron chi connectivity index (χ0n) is 11.3. The molecule has 1 unspecified atom stereocenters. The minimum atomic E-state index is -3.05. The standard InChI is InChI=1S/C12H14BrN5O2S/c1-12(2-3-21(19,20)7-12)18-11(15-16-17-18)8-4-9(13)6-10(14)5-8/h4-6H,2-3,7,14H2,1H3. The summed E-state index contributed by atoms with van der Waals surface area (Å²) in [4.78, 5) is 0. The molecule has 0 aliphatic carbocycles. The largest absolute Gasteiger partial charge is 0.399 e. The lowest BCUT2D eigenvalue weighted by Gasteiger charge is -2.23. The number of nitrogen functional groups attached to an aromatic ring is 1. The second-order valence-electron chi connectivity index (χ2n) is 5.53. The Hall–Kier alpha value is -1.48. The molecule has 2 N–H and O–H groups in total. The summed E-state index contributed by atoms with van der Waals surface area (Å²) in [5, 5.41) is 11.8. The van der Waals surface area contributed by atoms with Gasteiger partial charge in [-0.25, -0.2) is 13.1 Å². The average Bonchev–Trinajstić information content (AvgIpc) is 2.93. The molecular formula is C12H14BrN5O2S. The molecule has 7 nitrogen and oxygen atoms in total. The van der Waals surface area contributed by atoms with E-state index in [1.807, 2.05) is 13.0 Å². The van der Waals surface area contributed by atoms with Crippen LogP contribution in [0.15, 0.2) is 22.7 Å². The normalized spacial score (nSPS) is 24.3. The maximum absolute atomic E-state index is 11.8. The minimum absolute atomic E-state index is 0.0432. The monoisotopic (exact) mass is 371 g/mol. The highest BCUT2D eigenvalue weighted by atomic mass is 79.9. The summed E-state index contributed by atoms with van der Waals surface area (Å²) in [6.07, 6.45) is 0.497. The van der Waals surface area contributed by atoms with Crippen LogP contribution in [0.25, 0.3) is 11.4 Å². The first kappa shape index (κ1) is 14.5. The van der Waals surface area contributed by atoms with Crippen LogP contribution < -0.4 is 5.73 Å². The Bertz CT molecular complexity index is 783. The molecule has 1 saturated heterocycles. The third-order valence-corrected chi connectivity index (χ3v) is 5.99. The minimum Gasteiger partial charge on any atom is -0.399 e. The van der Waals surface area contributed by atoms with Gasteiger partial charge in [-0.1, -0.05) is 15.9 Å². The fourth-order valence-electron chi connectivity index (χ4n) is 2.63. The second-order valence-corrected chi connectivity index (χ2v) is 8.63. The van der Waals surface area contributed by atoms with Crippen LogP contribution in [0.4, 0.5) is 5.69 Å². The molecule has 1 aromatic heterocycles. The third kappa shape index (κ3) is 2.67. The zero-order chi connectivity index (χ0) is 15.3. The van der Waals surface area contributed by atoms with E-state index in [0.29, 0.717) is 17.9 Å². The van der Waals surface area contributed by atoms with Gasteiger partial charge in [-0.05, 0) is 42.0 Å². The molecule has 3 rings (SSSR count). The summed E-state index contributed by atoms with van der Waals surface area (Å²) in [5.74, 6) is 0.716. The van der Waals surface area contributed by atoms with Gasteiger partial charge in [0.15, 0.2) is 15.7 Å². The van der Waals surface area contributed by atoms with E-state index >= 15 is 0 Å². The first-order chi connectivity index (χ1) is 9.79. The molecule has 1 aliphatic heterocycles. The Morgan fingerprint density at radius 2 is 2.14 bits per heavy atom. The summed E-state index contributed by atoms with van der Waals surface area (Å²) in [6, 6.07) is 5.39. The number of anilines is 1. The van der Waals surface area contributed by atoms with Crippen molar-refractivity contribution in [2.75, 3.05) is 17.2 Å². The van der Waals surface area contributed by atoms with Crippen molar-refractivity contribution in [3.63, 3.8) is 0 Å². The van der Waals surface area contributed by atoms with Crippen LogP contribution in [0, 0.1) is 0 Å². The van der Waals surface area contributed by atoms with Crippen LogP contribution in [-0.2, 0) is 15.4 Å². The highest BCUT2D eigenvalue weighted by Gasteiger charge is 2.42. The van der Waals surface area contributed by atoms with Gasteiger partial charge in [-0.15, -0.1) is 5.10 Å². The van der Waals surface area contributed by atoms with E-state index in [9.17, 15) is 8.42 Å². The van der Waals surface area contributed by atoms with Crippen LogP contribution in [0.5, 0.6) is 0 Å². The Morgan fingerprint density at radius 1 is 1.38 bits per heavy atom. The number of halogens is 1. The Morgan fingerprint density at radius 3 is 2.76 bits per heavy atom. The molecule has 0 bridgehead atoms. The lowest BCUT2D eigenvalue weighted by Crippen LogP contribution is -2.33. The number of sulfone groups is 1. The molecular weight excluding hydrogens is 358 g/mol. The van der Waals surface area contributed by atoms with Gasteiger partial charge in [0.2, 0.25) is 0 Å². The lowest BCUT2D eigenvalue weighted by atomic mass is 10.0. The first-order valence-corrected chi connectivity index (χ1v) is 8.96. The molecule has 0 saturated carbocycles. The fraction of sp³-hybridized carbons (Fsp3) is 0.417. The van der Waals surface area contributed by atoms with E-state index in [4.69, 9.17) is 5.73 Å². The van der Waals surface area contributed by atoms with Crippen LogP contribution >= 0.6 is 15.9 Å². The van der Waals surface area contributed by atoms with Crippen LogP contribution in [-0.4, -0.2) is 40.1 Å². The zero-order valence-corrected chi connectivity index (χ0v) is 13.7. The number of aromatic nitrogens is 4. The predicted molar refractivity (Wildman–Crippen MR) is 82.3 cm³/mol. The van der Waals surface area contributed by atoms with Crippen molar-refractivity contribution in [2.24, 2.45) is 0 Å². The molecule has 0 amide bonds. The molecule has 1 fully saturated rings. The molecule has 1 atom stereocenters. The number of rotatable bonds is 2. The summed E-state index contributed by atoms with van der Waals surface area (Å²) >= 11 is 3.38. The summed E-state index contributed by atoms with van der Waals surface area (Å²) < 4.78 is 26.0. The number of nitrogens with two attached hydrogens (primary N) is 1. The molecule has 21 heavy (non-hydrogen) atoms. The lowest BCUT2D eigenvalue weighted by molar-refractivity contribution is 0.325. The number of hydrogen-bond acceptors (Lipinski definition) is 6. The molecule has 112 valence electrons. The number of hydrogen-bond donors (Lipinski definition) is 1. The van der Waals surface area contributed by atoms with Crippen molar-refractivity contribution < 1.29 is 8.42 Å². The Labute approximate surface area is 130 Å². The van der Waals surface area contributed by atoms with Crippen LogP contribution in [0.1, 0.15) is 13.3 Å². The van der Waals surface area contributed by atoms with Gasteiger partial charge in [-0.3, -0.25) is 0 Å². The summed E-state index contributed by atoms with van der Waals surface area (Å²) in [5.41, 5.74) is 6.54. The molecule has 2 aromatic rings. The van der Waals surface area contributed by atoms with Gasteiger partial charge in [-0.2, -0.15) is 0 Å². The van der Waals surface area contributed by atoms with E-state index in [-0.39, 0.29) is 11.5 Å². The maximum atomic E-state index is 11.8. The summed E-state index contributed by atoms with van der Waals surface area (Å²) in [6.45, 7) is 1.86. The van der Waals surface area contributed by atoms with Gasteiger partial charge in [0.25, 0.3) is 0 Å². The molecule has 9 heteroatoms. The Kier molecular flexibility index (Phi) is 3.28. The van der Waals surface area contributed by atoms with Crippen LogP contribution in [0.2, 0.25) is 0 Å². The molecule has 1 aromatic carbocycles. The topological polar surface area (TPSA) is 104 Å². The first-order valence-electron chi connectivity index (χ1n) is 6.35. The van der Waals surface area contributed by atoms with Crippen molar-refractivity contribution in [1.82, 2.24) is 20.2 Å². The van der Waals surface area contributed by atoms with E-state index < -0.39 is 15.4 Å². The predicted octanol–water partition coefficient (Wildman–Crippen LogP) is 1.22. The van der Waals surface area contributed by atoms with E-state index in [1.54, 1.807) is 16.8 Å². The van der Waals surface area contributed by atoms with Crippen molar-refractivity contribution >= 4 is 31.5 Å². The number of benzene rings is 1. The highest BCUT2D eigenvalue weighted by Crippen LogP contribution is 2.34. The molecule has 2 heterocycles.